The van der Waals surface area contributed by atoms with E-state index in [0.717, 1.165) is 5.56 Å². The fraction of sp³-hybridized carbons (Fsp3) is 0.333. The summed E-state index contributed by atoms with van der Waals surface area (Å²) >= 11 is 1.63. The van der Waals surface area contributed by atoms with Gasteiger partial charge in [0.2, 0.25) is 0 Å². The first-order chi connectivity index (χ1) is 8.18. The van der Waals surface area contributed by atoms with Crippen LogP contribution in [0.3, 0.4) is 0 Å². The van der Waals surface area contributed by atoms with Crippen LogP contribution < -0.4 is 4.90 Å². The number of carbonyl (C=O) groups excluding carboxylic acids is 2. The van der Waals surface area contributed by atoms with Crippen molar-refractivity contribution in [1.29, 1.82) is 0 Å². The molecule has 2 heterocycles. The summed E-state index contributed by atoms with van der Waals surface area (Å²) in [4.78, 5) is 27.2. The Bertz CT molecular complexity index is 481. The van der Waals surface area contributed by atoms with Gasteiger partial charge in [0.1, 0.15) is 6.04 Å². The highest BCUT2D eigenvalue weighted by Crippen LogP contribution is 2.32. The van der Waals surface area contributed by atoms with Crippen molar-refractivity contribution in [2.24, 2.45) is 0 Å². The number of hydrogen-bond donors (Lipinski definition) is 0. The number of aryl methyl sites for hydroxylation is 1. The van der Waals surface area contributed by atoms with Gasteiger partial charge in [0, 0.05) is 5.75 Å². The fourth-order valence-electron chi connectivity index (χ4n) is 2.21. The molecular weight excluding hydrogens is 236 g/mol. The summed E-state index contributed by atoms with van der Waals surface area (Å²) < 4.78 is 0. The quantitative estimate of drug-likeness (QED) is 0.712. The molecule has 3 amide bonds. The van der Waals surface area contributed by atoms with Gasteiger partial charge in [-0.1, -0.05) is 12.1 Å². The van der Waals surface area contributed by atoms with Crippen LogP contribution in [-0.2, 0) is 4.79 Å². The number of imide groups is 1. The van der Waals surface area contributed by atoms with Gasteiger partial charge in [0.25, 0.3) is 5.91 Å². The number of thioether (sulfide) groups is 1. The standard InChI is InChI=1S/C12H12N2O2S/c1-8-3-2-4-9(5-8)14-11(15)10-6-17-7-13(10)12(14)16/h2-5,10H,6-7H2,1H3. The Hall–Kier alpha value is -1.49. The number of amides is 3. The molecule has 0 bridgehead atoms. The van der Waals surface area contributed by atoms with E-state index in [-0.39, 0.29) is 18.0 Å². The molecule has 5 heteroatoms. The first-order valence-electron chi connectivity index (χ1n) is 5.47. The lowest BCUT2D eigenvalue weighted by atomic mass is 10.2. The minimum absolute atomic E-state index is 0.0920. The van der Waals surface area contributed by atoms with E-state index in [1.165, 1.54) is 4.90 Å². The molecule has 0 spiro atoms. The Morgan fingerprint density at radius 1 is 1.35 bits per heavy atom. The van der Waals surface area contributed by atoms with Crippen LogP contribution in [0.25, 0.3) is 0 Å². The van der Waals surface area contributed by atoms with Crippen molar-refractivity contribution in [3.05, 3.63) is 29.8 Å². The zero-order valence-corrected chi connectivity index (χ0v) is 10.2. The van der Waals surface area contributed by atoms with Crippen molar-refractivity contribution in [3.63, 3.8) is 0 Å². The fourth-order valence-corrected chi connectivity index (χ4v) is 3.35. The lowest BCUT2D eigenvalue weighted by Crippen LogP contribution is -2.32. The third-order valence-electron chi connectivity index (χ3n) is 3.08. The average Bonchev–Trinajstić information content (AvgIpc) is 2.84. The highest BCUT2D eigenvalue weighted by molar-refractivity contribution is 7.99. The van der Waals surface area contributed by atoms with Gasteiger partial charge in [0.05, 0.1) is 11.6 Å². The molecule has 3 rings (SSSR count). The van der Waals surface area contributed by atoms with Crippen LogP contribution in [0.4, 0.5) is 10.5 Å². The summed E-state index contributed by atoms with van der Waals surface area (Å²) in [6, 6.07) is 7.04. The predicted molar refractivity (Wildman–Crippen MR) is 67.0 cm³/mol. The zero-order chi connectivity index (χ0) is 12.0. The third-order valence-corrected chi connectivity index (χ3v) is 4.10. The first kappa shape index (κ1) is 10.7. The normalized spacial score (nSPS) is 23.5. The summed E-state index contributed by atoms with van der Waals surface area (Å²) in [7, 11) is 0. The number of urea groups is 1. The predicted octanol–water partition coefficient (Wildman–Crippen LogP) is 1.84. The molecule has 17 heavy (non-hydrogen) atoms. The molecule has 1 unspecified atom stereocenters. The van der Waals surface area contributed by atoms with Gasteiger partial charge in [-0.3, -0.25) is 4.79 Å². The minimum Gasteiger partial charge on any atom is -0.302 e. The van der Waals surface area contributed by atoms with Crippen LogP contribution in [0.15, 0.2) is 24.3 Å². The summed E-state index contributed by atoms with van der Waals surface area (Å²) in [5.41, 5.74) is 1.73. The molecule has 0 aromatic heterocycles. The maximum Gasteiger partial charge on any atom is 0.332 e. The molecule has 2 aliphatic heterocycles. The molecule has 2 saturated heterocycles. The average molecular weight is 248 g/mol. The van der Waals surface area contributed by atoms with Crippen LogP contribution in [0.5, 0.6) is 0 Å². The lowest BCUT2D eigenvalue weighted by molar-refractivity contribution is -0.118. The van der Waals surface area contributed by atoms with E-state index in [1.54, 1.807) is 22.7 Å². The second kappa shape index (κ2) is 3.77. The summed E-state index contributed by atoms with van der Waals surface area (Å²) in [5, 5.41) is 0. The Morgan fingerprint density at radius 2 is 2.18 bits per heavy atom. The molecule has 2 fully saturated rings. The summed E-state index contributed by atoms with van der Waals surface area (Å²) in [6.45, 7) is 1.95. The van der Waals surface area contributed by atoms with Crippen molar-refractivity contribution in [3.8, 4) is 0 Å². The molecule has 1 aromatic rings. The van der Waals surface area contributed by atoms with Crippen LogP contribution in [0, 0.1) is 6.92 Å². The van der Waals surface area contributed by atoms with Crippen LogP contribution >= 0.6 is 11.8 Å². The molecule has 88 valence electrons. The summed E-state index contributed by atoms with van der Waals surface area (Å²) in [5.74, 6) is 1.25. The molecule has 1 aromatic carbocycles. The van der Waals surface area contributed by atoms with Crippen LogP contribution in [-0.4, -0.2) is 34.5 Å². The van der Waals surface area contributed by atoms with Gasteiger partial charge in [-0.25, -0.2) is 9.69 Å². The Labute approximate surface area is 104 Å². The second-order valence-electron chi connectivity index (χ2n) is 4.28. The maximum absolute atomic E-state index is 12.2. The number of benzene rings is 1. The van der Waals surface area contributed by atoms with Crippen molar-refractivity contribution >= 4 is 29.4 Å². The van der Waals surface area contributed by atoms with Gasteiger partial charge >= 0.3 is 6.03 Å². The molecule has 0 aliphatic carbocycles. The number of carbonyl (C=O) groups is 2. The minimum atomic E-state index is -0.256. The van der Waals surface area contributed by atoms with E-state index in [4.69, 9.17) is 0 Å². The van der Waals surface area contributed by atoms with Gasteiger partial charge in [-0.2, -0.15) is 0 Å². The van der Waals surface area contributed by atoms with E-state index in [2.05, 4.69) is 0 Å². The Balaban J connectivity index is 1.99. The highest BCUT2D eigenvalue weighted by Gasteiger charge is 2.48. The van der Waals surface area contributed by atoms with Crippen molar-refractivity contribution in [2.75, 3.05) is 16.5 Å². The third kappa shape index (κ3) is 1.53. The van der Waals surface area contributed by atoms with Crippen LogP contribution in [0.1, 0.15) is 5.56 Å². The molecule has 1 atom stereocenters. The van der Waals surface area contributed by atoms with Crippen molar-refractivity contribution < 1.29 is 9.59 Å². The number of hydrogen-bond acceptors (Lipinski definition) is 3. The van der Waals surface area contributed by atoms with Gasteiger partial charge in [-0.05, 0) is 24.6 Å². The molecule has 0 N–H and O–H groups in total. The van der Waals surface area contributed by atoms with Gasteiger partial charge in [-0.15, -0.1) is 11.8 Å². The number of fused-ring (bicyclic) bond motifs is 1. The highest BCUT2D eigenvalue weighted by atomic mass is 32.2. The van der Waals surface area contributed by atoms with Crippen LogP contribution in [0.2, 0.25) is 0 Å². The maximum atomic E-state index is 12.2. The SMILES string of the molecule is Cc1cccc(N2C(=O)C3CSCN3C2=O)c1. The van der Waals surface area contributed by atoms with E-state index >= 15 is 0 Å². The monoisotopic (exact) mass is 248 g/mol. The van der Waals surface area contributed by atoms with Gasteiger partial charge in [0.15, 0.2) is 0 Å². The summed E-state index contributed by atoms with van der Waals surface area (Å²) in [6.07, 6.45) is 0. The lowest BCUT2D eigenvalue weighted by Gasteiger charge is -2.15. The molecular formula is C12H12N2O2S. The molecule has 4 nitrogen and oxygen atoms in total. The second-order valence-corrected chi connectivity index (χ2v) is 5.28. The van der Waals surface area contributed by atoms with Crippen molar-refractivity contribution in [1.82, 2.24) is 4.90 Å². The number of rotatable bonds is 1. The number of nitrogens with zero attached hydrogens (tertiary/aromatic N) is 2. The topological polar surface area (TPSA) is 40.6 Å². The first-order valence-corrected chi connectivity index (χ1v) is 6.63. The smallest absolute Gasteiger partial charge is 0.302 e. The van der Waals surface area contributed by atoms with E-state index in [0.29, 0.717) is 17.3 Å². The number of anilines is 1. The zero-order valence-electron chi connectivity index (χ0n) is 9.42. The Morgan fingerprint density at radius 3 is 2.88 bits per heavy atom. The Kier molecular flexibility index (Phi) is 2.36. The van der Waals surface area contributed by atoms with Crippen molar-refractivity contribution in [2.45, 2.75) is 13.0 Å². The van der Waals surface area contributed by atoms with Gasteiger partial charge < -0.3 is 4.90 Å². The van der Waals surface area contributed by atoms with E-state index in [9.17, 15) is 9.59 Å². The molecule has 0 saturated carbocycles. The van der Waals surface area contributed by atoms with E-state index in [1.807, 2.05) is 25.1 Å². The largest absolute Gasteiger partial charge is 0.332 e. The molecule has 2 aliphatic rings. The molecule has 0 radical (unpaired) electrons. The van der Waals surface area contributed by atoms with E-state index < -0.39 is 0 Å².